The summed E-state index contributed by atoms with van der Waals surface area (Å²) in [6, 6.07) is 9.76. The Morgan fingerprint density at radius 1 is 1.00 bits per heavy atom. The lowest BCUT2D eigenvalue weighted by Gasteiger charge is -1.80. The fraction of sp³-hybridized carbons (Fsp3) is 0. The molecular formula is C11H10FN. The SMILES string of the molecule is C=c1ccccc(=C)nc(F)cc1. The standard InChI is InChI=1S/C11H10FN/c1-9-5-3-4-6-10(2)13-11(12)8-7-9/h3-8H,1-2H2. The van der Waals surface area contributed by atoms with Gasteiger partial charge in [0.1, 0.15) is 0 Å². The highest BCUT2D eigenvalue weighted by molar-refractivity contribution is 5.06. The van der Waals surface area contributed by atoms with Crippen LogP contribution in [0.2, 0.25) is 0 Å². The predicted molar refractivity (Wildman–Crippen MR) is 52.1 cm³/mol. The van der Waals surface area contributed by atoms with E-state index in [-0.39, 0.29) is 0 Å². The van der Waals surface area contributed by atoms with Gasteiger partial charge in [0.25, 0.3) is 0 Å². The Morgan fingerprint density at radius 3 is 2.46 bits per heavy atom. The number of nitrogens with zero attached hydrogens (tertiary/aromatic N) is 1. The first kappa shape index (κ1) is 9.39. The van der Waals surface area contributed by atoms with Crippen molar-refractivity contribution in [1.82, 2.24) is 4.98 Å². The lowest BCUT2D eigenvalue weighted by atomic mass is 10.4. The monoisotopic (exact) mass is 175 g/mol. The van der Waals surface area contributed by atoms with Gasteiger partial charge in [-0.15, -0.1) is 0 Å². The third kappa shape index (κ3) is 3.47. The van der Waals surface area contributed by atoms with Crippen molar-refractivity contribution in [2.45, 2.75) is 0 Å². The summed E-state index contributed by atoms with van der Waals surface area (Å²) < 4.78 is 12.9. The minimum absolute atomic E-state index is 0.388. The zero-order valence-corrected chi connectivity index (χ0v) is 7.20. The minimum Gasteiger partial charge on any atom is -0.221 e. The van der Waals surface area contributed by atoms with Gasteiger partial charge in [-0.1, -0.05) is 37.4 Å². The van der Waals surface area contributed by atoms with Crippen LogP contribution in [0.3, 0.4) is 0 Å². The van der Waals surface area contributed by atoms with Crippen LogP contribution in [0, 0.1) is 5.95 Å². The van der Waals surface area contributed by atoms with E-state index in [0.717, 1.165) is 5.22 Å². The van der Waals surface area contributed by atoms with Crippen LogP contribution in [0.15, 0.2) is 36.4 Å². The van der Waals surface area contributed by atoms with Crippen molar-refractivity contribution in [2.75, 3.05) is 0 Å². The van der Waals surface area contributed by atoms with E-state index in [1.807, 2.05) is 0 Å². The molecule has 0 aliphatic rings. The van der Waals surface area contributed by atoms with Crippen LogP contribution in [-0.2, 0) is 0 Å². The summed E-state index contributed by atoms with van der Waals surface area (Å²) in [6.07, 6.45) is 0. The Labute approximate surface area is 76.2 Å². The number of aromatic nitrogens is 1. The molecule has 1 aromatic rings. The Morgan fingerprint density at radius 2 is 1.69 bits per heavy atom. The smallest absolute Gasteiger partial charge is 0.213 e. The zero-order valence-electron chi connectivity index (χ0n) is 7.20. The number of rotatable bonds is 0. The van der Waals surface area contributed by atoms with E-state index in [9.17, 15) is 4.39 Å². The number of hydrogen-bond acceptors (Lipinski definition) is 1. The molecule has 0 bridgehead atoms. The maximum atomic E-state index is 12.9. The van der Waals surface area contributed by atoms with Crippen LogP contribution in [0.5, 0.6) is 0 Å². The molecular weight excluding hydrogens is 165 g/mol. The fourth-order valence-electron chi connectivity index (χ4n) is 0.789. The van der Waals surface area contributed by atoms with E-state index in [4.69, 9.17) is 0 Å². The van der Waals surface area contributed by atoms with E-state index in [1.54, 1.807) is 30.3 Å². The van der Waals surface area contributed by atoms with Gasteiger partial charge in [-0.05, 0) is 17.4 Å². The van der Waals surface area contributed by atoms with Gasteiger partial charge in [-0.3, -0.25) is 0 Å². The summed E-state index contributed by atoms with van der Waals surface area (Å²) in [5, 5.41) is 1.11. The van der Waals surface area contributed by atoms with E-state index in [2.05, 4.69) is 18.1 Å². The van der Waals surface area contributed by atoms with E-state index in [0.29, 0.717) is 5.35 Å². The highest BCUT2D eigenvalue weighted by Crippen LogP contribution is 1.79. The van der Waals surface area contributed by atoms with Crippen molar-refractivity contribution >= 4 is 13.2 Å². The maximum absolute atomic E-state index is 12.9. The summed E-state index contributed by atoms with van der Waals surface area (Å²) >= 11 is 0. The molecule has 0 N–H and O–H groups in total. The van der Waals surface area contributed by atoms with Gasteiger partial charge in [0.15, 0.2) is 0 Å². The molecule has 0 unspecified atom stereocenters. The van der Waals surface area contributed by atoms with E-state index >= 15 is 0 Å². The first-order valence-electron chi connectivity index (χ1n) is 3.83. The van der Waals surface area contributed by atoms with E-state index in [1.165, 1.54) is 6.07 Å². The molecule has 13 heavy (non-hydrogen) atoms. The number of halogens is 1. The average Bonchev–Trinajstić information content (AvgIpc) is 2.08. The Balaban J connectivity index is 3.49. The van der Waals surface area contributed by atoms with Gasteiger partial charge >= 0.3 is 0 Å². The molecule has 0 atom stereocenters. The van der Waals surface area contributed by atoms with Crippen LogP contribution in [0.4, 0.5) is 4.39 Å². The van der Waals surface area contributed by atoms with Gasteiger partial charge in [0.2, 0.25) is 5.95 Å². The molecule has 66 valence electrons. The molecule has 0 aromatic carbocycles. The summed E-state index contributed by atoms with van der Waals surface area (Å²) in [5.74, 6) is -0.564. The molecule has 0 saturated carbocycles. The molecule has 0 saturated heterocycles. The molecule has 0 aliphatic heterocycles. The van der Waals surface area contributed by atoms with Gasteiger partial charge < -0.3 is 0 Å². The Bertz CT molecular complexity index is 438. The molecule has 0 aliphatic carbocycles. The van der Waals surface area contributed by atoms with Crippen LogP contribution < -0.4 is 10.6 Å². The van der Waals surface area contributed by atoms with Crippen molar-refractivity contribution in [1.29, 1.82) is 0 Å². The Hall–Kier alpha value is -1.70. The molecule has 0 radical (unpaired) electrons. The molecule has 0 spiro atoms. The molecule has 1 nitrogen and oxygen atoms in total. The predicted octanol–water partition coefficient (Wildman–Crippen LogP) is 1.17. The second-order valence-corrected chi connectivity index (χ2v) is 2.55. The maximum Gasteiger partial charge on any atom is 0.213 e. The summed E-state index contributed by atoms with van der Waals surface area (Å²) in [4.78, 5) is 3.58. The second kappa shape index (κ2) is 4.36. The summed E-state index contributed by atoms with van der Waals surface area (Å²) in [6.45, 7) is 7.24. The highest BCUT2D eigenvalue weighted by atomic mass is 19.1. The van der Waals surface area contributed by atoms with Gasteiger partial charge in [0, 0.05) is 0 Å². The molecule has 1 aromatic heterocycles. The van der Waals surface area contributed by atoms with Crippen molar-refractivity contribution in [3.05, 3.63) is 52.9 Å². The van der Waals surface area contributed by atoms with E-state index < -0.39 is 5.95 Å². The topological polar surface area (TPSA) is 12.9 Å². The third-order valence-corrected chi connectivity index (χ3v) is 1.40. The largest absolute Gasteiger partial charge is 0.221 e. The second-order valence-electron chi connectivity index (χ2n) is 2.55. The van der Waals surface area contributed by atoms with Crippen molar-refractivity contribution in [3.63, 3.8) is 0 Å². The Kier molecular flexibility index (Phi) is 3.15. The molecule has 0 amide bonds. The quantitative estimate of drug-likeness (QED) is 0.576. The van der Waals surface area contributed by atoms with Crippen molar-refractivity contribution in [3.8, 4) is 0 Å². The average molecular weight is 175 g/mol. The fourth-order valence-corrected chi connectivity index (χ4v) is 0.789. The summed E-state index contributed by atoms with van der Waals surface area (Å²) in [7, 11) is 0. The van der Waals surface area contributed by atoms with Crippen LogP contribution in [-0.4, -0.2) is 4.98 Å². The highest BCUT2D eigenvalue weighted by Gasteiger charge is 1.80. The minimum atomic E-state index is -0.564. The van der Waals surface area contributed by atoms with Crippen LogP contribution in [0.25, 0.3) is 13.2 Å². The molecule has 1 heterocycles. The lowest BCUT2D eigenvalue weighted by molar-refractivity contribution is 0.582. The third-order valence-electron chi connectivity index (χ3n) is 1.40. The van der Waals surface area contributed by atoms with Crippen molar-refractivity contribution < 1.29 is 4.39 Å². The summed E-state index contributed by atoms with van der Waals surface area (Å²) in [5.41, 5.74) is 0. The van der Waals surface area contributed by atoms with Gasteiger partial charge in [-0.2, -0.15) is 4.39 Å². The van der Waals surface area contributed by atoms with Crippen molar-refractivity contribution in [2.24, 2.45) is 0 Å². The first-order valence-corrected chi connectivity index (χ1v) is 3.83. The van der Waals surface area contributed by atoms with Gasteiger partial charge in [0.05, 0.1) is 5.35 Å². The first-order chi connectivity index (χ1) is 6.18. The molecule has 2 heteroatoms. The normalized spacial score (nSPS) is 9.00. The van der Waals surface area contributed by atoms with Crippen LogP contribution in [0.1, 0.15) is 0 Å². The number of hydrogen-bond donors (Lipinski definition) is 0. The molecule has 1 rings (SSSR count). The van der Waals surface area contributed by atoms with Gasteiger partial charge in [-0.25, -0.2) is 4.98 Å². The zero-order chi connectivity index (χ0) is 9.68. The lowest BCUT2D eigenvalue weighted by Crippen LogP contribution is -2.02. The van der Waals surface area contributed by atoms with Crippen LogP contribution >= 0.6 is 0 Å². The molecule has 0 fully saturated rings.